The number of carbonyl (C=O) groups excluding carboxylic acids is 2. The molecule has 3 aliphatic heterocycles. The predicted octanol–water partition coefficient (Wildman–Crippen LogP) is 0.550. The standard InChI is InChI=1S/C21H30N4O4/c26-19-4-3-16(14-22-19)20(27)23-8-5-18(6-9-23)25-7-1-2-17(15-25)21(28)24-10-12-29-13-11-24/h3-4,14,17-18H,1-2,5-13,15H2,(H,22,26). The number of pyridine rings is 1. The Morgan fingerprint density at radius 3 is 2.41 bits per heavy atom. The first-order chi connectivity index (χ1) is 14.1. The number of likely N-dealkylation sites (tertiary alicyclic amines) is 2. The molecule has 1 unspecified atom stereocenters. The van der Waals surface area contributed by atoms with Gasteiger partial charge in [0, 0.05) is 51.0 Å². The molecule has 0 spiro atoms. The number of nitrogens with zero attached hydrogens (tertiary/aromatic N) is 3. The summed E-state index contributed by atoms with van der Waals surface area (Å²) in [4.78, 5) is 45.6. The van der Waals surface area contributed by atoms with E-state index in [1.165, 1.54) is 12.3 Å². The minimum absolute atomic E-state index is 0.0290. The summed E-state index contributed by atoms with van der Waals surface area (Å²) in [6, 6.07) is 3.40. The molecule has 0 bridgehead atoms. The first-order valence-electron chi connectivity index (χ1n) is 10.7. The number of hydrogen-bond donors (Lipinski definition) is 1. The minimum Gasteiger partial charge on any atom is -0.378 e. The van der Waals surface area contributed by atoms with Crippen LogP contribution in [0.25, 0.3) is 0 Å². The van der Waals surface area contributed by atoms with Crippen molar-refractivity contribution < 1.29 is 14.3 Å². The van der Waals surface area contributed by atoms with Crippen LogP contribution in [0.3, 0.4) is 0 Å². The fraction of sp³-hybridized carbons (Fsp3) is 0.667. The summed E-state index contributed by atoms with van der Waals surface area (Å²) in [6.45, 7) is 5.98. The predicted molar refractivity (Wildman–Crippen MR) is 108 cm³/mol. The summed E-state index contributed by atoms with van der Waals surface area (Å²) in [5.74, 6) is 0.338. The molecule has 0 radical (unpaired) electrons. The average molecular weight is 402 g/mol. The molecule has 0 saturated carbocycles. The largest absolute Gasteiger partial charge is 0.378 e. The zero-order valence-corrected chi connectivity index (χ0v) is 16.8. The quantitative estimate of drug-likeness (QED) is 0.798. The van der Waals surface area contributed by atoms with Gasteiger partial charge in [-0.15, -0.1) is 0 Å². The lowest BCUT2D eigenvalue weighted by atomic mass is 9.92. The van der Waals surface area contributed by atoms with Crippen LogP contribution >= 0.6 is 0 Å². The molecule has 4 rings (SSSR count). The lowest BCUT2D eigenvalue weighted by Crippen LogP contribution is -2.53. The van der Waals surface area contributed by atoms with E-state index in [1.54, 1.807) is 6.07 Å². The summed E-state index contributed by atoms with van der Waals surface area (Å²) in [7, 11) is 0. The molecule has 8 nitrogen and oxygen atoms in total. The Balaban J connectivity index is 1.30. The normalized spacial score (nSPS) is 24.5. The van der Waals surface area contributed by atoms with Gasteiger partial charge in [0.2, 0.25) is 11.5 Å². The Hall–Kier alpha value is -2.19. The van der Waals surface area contributed by atoms with Crippen molar-refractivity contribution >= 4 is 11.8 Å². The van der Waals surface area contributed by atoms with Crippen LogP contribution in [-0.4, -0.2) is 90.0 Å². The van der Waals surface area contributed by atoms with E-state index >= 15 is 0 Å². The number of aromatic nitrogens is 1. The van der Waals surface area contributed by atoms with Gasteiger partial charge in [0.25, 0.3) is 5.91 Å². The topological polar surface area (TPSA) is 86.0 Å². The molecule has 158 valence electrons. The van der Waals surface area contributed by atoms with Crippen molar-refractivity contribution in [3.8, 4) is 0 Å². The molecule has 1 atom stereocenters. The number of morpholine rings is 1. The van der Waals surface area contributed by atoms with Crippen molar-refractivity contribution in [2.45, 2.75) is 31.7 Å². The maximum absolute atomic E-state index is 12.9. The number of rotatable bonds is 3. The second-order valence-electron chi connectivity index (χ2n) is 8.24. The smallest absolute Gasteiger partial charge is 0.255 e. The van der Waals surface area contributed by atoms with Crippen LogP contribution in [0.15, 0.2) is 23.1 Å². The lowest BCUT2D eigenvalue weighted by molar-refractivity contribution is -0.141. The molecule has 1 N–H and O–H groups in total. The summed E-state index contributed by atoms with van der Waals surface area (Å²) < 4.78 is 5.37. The third kappa shape index (κ3) is 4.70. The van der Waals surface area contributed by atoms with E-state index in [1.807, 2.05) is 9.80 Å². The van der Waals surface area contributed by atoms with Crippen LogP contribution in [0.1, 0.15) is 36.0 Å². The van der Waals surface area contributed by atoms with Gasteiger partial charge in [-0.05, 0) is 38.3 Å². The number of piperidine rings is 2. The van der Waals surface area contributed by atoms with Gasteiger partial charge in [-0.2, -0.15) is 0 Å². The summed E-state index contributed by atoms with van der Waals surface area (Å²) in [6.07, 6.45) is 5.36. The number of ether oxygens (including phenoxy) is 1. The van der Waals surface area contributed by atoms with Crippen molar-refractivity contribution in [1.29, 1.82) is 0 Å². The third-order valence-corrected chi connectivity index (χ3v) is 6.42. The second kappa shape index (κ2) is 9.09. The number of nitrogens with one attached hydrogen (secondary N) is 1. The number of aromatic amines is 1. The monoisotopic (exact) mass is 402 g/mol. The molecule has 2 amide bonds. The first-order valence-corrected chi connectivity index (χ1v) is 10.7. The molecule has 8 heteroatoms. The van der Waals surface area contributed by atoms with E-state index < -0.39 is 0 Å². The van der Waals surface area contributed by atoms with Crippen LogP contribution in [-0.2, 0) is 9.53 Å². The van der Waals surface area contributed by atoms with Crippen LogP contribution < -0.4 is 5.56 Å². The minimum atomic E-state index is -0.202. The Morgan fingerprint density at radius 2 is 1.72 bits per heavy atom. The molecular formula is C21H30N4O4. The number of amides is 2. The zero-order chi connectivity index (χ0) is 20.2. The maximum Gasteiger partial charge on any atom is 0.255 e. The van der Waals surface area contributed by atoms with Gasteiger partial charge >= 0.3 is 0 Å². The van der Waals surface area contributed by atoms with E-state index in [9.17, 15) is 14.4 Å². The molecule has 0 aliphatic carbocycles. The summed E-state index contributed by atoms with van der Waals surface area (Å²) in [5.41, 5.74) is 0.323. The molecule has 1 aromatic heterocycles. The van der Waals surface area contributed by atoms with E-state index in [0.717, 1.165) is 38.8 Å². The molecule has 0 aromatic carbocycles. The Morgan fingerprint density at radius 1 is 0.966 bits per heavy atom. The third-order valence-electron chi connectivity index (χ3n) is 6.42. The molecule has 3 saturated heterocycles. The van der Waals surface area contributed by atoms with E-state index in [2.05, 4.69) is 9.88 Å². The van der Waals surface area contributed by atoms with Gasteiger partial charge in [-0.25, -0.2) is 0 Å². The average Bonchev–Trinajstić information content (AvgIpc) is 2.79. The first kappa shape index (κ1) is 20.1. The summed E-state index contributed by atoms with van der Waals surface area (Å²) >= 11 is 0. The highest BCUT2D eigenvalue weighted by Gasteiger charge is 2.34. The molecule has 1 aromatic rings. The van der Waals surface area contributed by atoms with Crippen molar-refractivity contribution in [3.63, 3.8) is 0 Å². The highest BCUT2D eigenvalue weighted by Crippen LogP contribution is 2.26. The summed E-state index contributed by atoms with van der Waals surface area (Å²) in [5, 5.41) is 0. The molecule has 4 heterocycles. The SMILES string of the molecule is O=C(c1ccc(=O)[nH]c1)N1CCC(N2CCCC(C(=O)N3CCOCC3)C2)CC1. The number of H-pyrrole nitrogens is 1. The van der Waals surface area contributed by atoms with E-state index in [0.29, 0.717) is 51.0 Å². The maximum atomic E-state index is 12.9. The fourth-order valence-electron chi connectivity index (χ4n) is 4.74. The number of carbonyl (C=O) groups is 2. The van der Waals surface area contributed by atoms with Crippen molar-refractivity contribution in [2.24, 2.45) is 5.92 Å². The highest BCUT2D eigenvalue weighted by atomic mass is 16.5. The molecular weight excluding hydrogens is 372 g/mol. The van der Waals surface area contributed by atoms with E-state index in [4.69, 9.17) is 4.74 Å². The molecule has 29 heavy (non-hydrogen) atoms. The molecule has 3 aliphatic rings. The van der Waals surface area contributed by atoms with Gasteiger partial charge in [0.1, 0.15) is 0 Å². The van der Waals surface area contributed by atoms with Crippen molar-refractivity contribution in [2.75, 3.05) is 52.5 Å². The van der Waals surface area contributed by atoms with Crippen LogP contribution in [0.5, 0.6) is 0 Å². The molecule has 3 fully saturated rings. The van der Waals surface area contributed by atoms with Gasteiger partial charge in [0.15, 0.2) is 0 Å². The van der Waals surface area contributed by atoms with E-state index in [-0.39, 0.29) is 23.3 Å². The van der Waals surface area contributed by atoms with Crippen molar-refractivity contribution in [1.82, 2.24) is 19.7 Å². The van der Waals surface area contributed by atoms with Gasteiger partial charge < -0.3 is 19.5 Å². The Kier molecular flexibility index (Phi) is 6.30. The van der Waals surface area contributed by atoms with Crippen molar-refractivity contribution in [3.05, 3.63) is 34.2 Å². The highest BCUT2D eigenvalue weighted by molar-refractivity contribution is 5.93. The lowest BCUT2D eigenvalue weighted by Gasteiger charge is -2.43. The van der Waals surface area contributed by atoms with Crippen LogP contribution in [0, 0.1) is 5.92 Å². The Labute approximate surface area is 170 Å². The Bertz CT molecular complexity index is 761. The zero-order valence-electron chi connectivity index (χ0n) is 16.8. The van der Waals surface area contributed by atoms with Gasteiger partial charge in [0.05, 0.1) is 24.7 Å². The van der Waals surface area contributed by atoms with Gasteiger partial charge in [-0.3, -0.25) is 19.3 Å². The van der Waals surface area contributed by atoms with Crippen LogP contribution in [0.4, 0.5) is 0 Å². The van der Waals surface area contributed by atoms with Gasteiger partial charge in [-0.1, -0.05) is 0 Å². The number of hydrogen-bond acceptors (Lipinski definition) is 5. The fourth-order valence-corrected chi connectivity index (χ4v) is 4.74. The second-order valence-corrected chi connectivity index (χ2v) is 8.24. The van der Waals surface area contributed by atoms with Crippen LogP contribution in [0.2, 0.25) is 0 Å².